The first-order chi connectivity index (χ1) is 6.84. The van der Waals surface area contributed by atoms with E-state index in [1.165, 1.54) is 5.56 Å². The van der Waals surface area contributed by atoms with Crippen molar-refractivity contribution >= 4 is 11.6 Å². The van der Waals surface area contributed by atoms with Crippen LogP contribution in [-0.4, -0.2) is 4.98 Å². The zero-order valence-corrected chi connectivity index (χ0v) is 7.86. The van der Waals surface area contributed by atoms with Gasteiger partial charge in [0.2, 0.25) is 0 Å². The monoisotopic (exact) mass is 187 g/mol. The van der Waals surface area contributed by atoms with Crippen molar-refractivity contribution in [2.24, 2.45) is 10.2 Å². The molecular formula is C10H11N4+. The zero-order chi connectivity index (χ0) is 9.80. The number of benzene rings is 1. The highest BCUT2D eigenvalue weighted by molar-refractivity contribution is 5.37. The third-order valence-electron chi connectivity index (χ3n) is 1.82. The van der Waals surface area contributed by atoms with Crippen LogP contribution in [0.4, 0.5) is 11.6 Å². The molecule has 0 atom stereocenters. The predicted octanol–water partition coefficient (Wildman–Crippen LogP) is 2.55. The first kappa shape index (κ1) is 8.62. The second-order valence-corrected chi connectivity index (χ2v) is 3.01. The van der Waals surface area contributed by atoms with Crippen molar-refractivity contribution < 1.29 is 4.98 Å². The molecule has 4 nitrogen and oxygen atoms in total. The maximum Gasteiger partial charge on any atom is 0.416 e. The van der Waals surface area contributed by atoms with E-state index in [9.17, 15) is 0 Å². The third kappa shape index (κ3) is 2.04. The Labute approximate surface area is 81.7 Å². The molecule has 0 fully saturated rings. The van der Waals surface area contributed by atoms with E-state index >= 15 is 0 Å². The molecule has 1 aromatic heterocycles. The summed E-state index contributed by atoms with van der Waals surface area (Å²) in [6.45, 7) is 2.04. The lowest BCUT2D eigenvalue weighted by Gasteiger charge is -1.89. The Bertz CT molecular complexity index is 414. The second-order valence-electron chi connectivity index (χ2n) is 3.01. The lowest BCUT2D eigenvalue weighted by atomic mass is 10.2. The van der Waals surface area contributed by atoms with Gasteiger partial charge in [-0.3, -0.25) is 0 Å². The van der Waals surface area contributed by atoms with Crippen LogP contribution in [0.1, 0.15) is 5.56 Å². The molecule has 0 unspecified atom stereocenters. The second kappa shape index (κ2) is 3.83. The van der Waals surface area contributed by atoms with Crippen molar-refractivity contribution in [2.75, 3.05) is 0 Å². The van der Waals surface area contributed by atoms with Gasteiger partial charge in [0.05, 0.1) is 12.4 Å². The molecule has 14 heavy (non-hydrogen) atoms. The molecular weight excluding hydrogens is 176 g/mol. The van der Waals surface area contributed by atoms with Gasteiger partial charge in [0.15, 0.2) is 0 Å². The molecule has 0 bridgehead atoms. The predicted molar refractivity (Wildman–Crippen MR) is 52.7 cm³/mol. The summed E-state index contributed by atoms with van der Waals surface area (Å²) in [5.74, 6) is 0.644. The molecule has 0 aliphatic heterocycles. The number of nitrogens with one attached hydrogen (secondary N) is 2. The smallest absolute Gasteiger partial charge is 0.244 e. The lowest BCUT2D eigenvalue weighted by molar-refractivity contribution is -0.360. The number of nitrogens with zero attached hydrogens (tertiary/aromatic N) is 2. The van der Waals surface area contributed by atoms with Gasteiger partial charge >= 0.3 is 5.95 Å². The minimum atomic E-state index is 0.644. The lowest BCUT2D eigenvalue weighted by Crippen LogP contribution is -1.92. The number of H-pyrrole nitrogens is 2. The SMILES string of the molecule is Cc1ccc(N=Nc2[nH]cc[nH+]2)cc1. The van der Waals surface area contributed by atoms with E-state index in [1.54, 1.807) is 12.4 Å². The number of aromatic amines is 2. The highest BCUT2D eigenvalue weighted by atomic mass is 15.2. The fourth-order valence-corrected chi connectivity index (χ4v) is 1.06. The molecule has 0 radical (unpaired) electrons. The Morgan fingerprint density at radius 3 is 2.57 bits per heavy atom. The molecule has 70 valence electrons. The van der Waals surface area contributed by atoms with Gasteiger partial charge in [0.1, 0.15) is 5.69 Å². The Morgan fingerprint density at radius 2 is 1.93 bits per heavy atom. The van der Waals surface area contributed by atoms with Crippen molar-refractivity contribution in [3.05, 3.63) is 42.2 Å². The topological polar surface area (TPSA) is 54.6 Å². The van der Waals surface area contributed by atoms with Crippen LogP contribution in [0.2, 0.25) is 0 Å². The number of hydrogen-bond acceptors (Lipinski definition) is 2. The maximum atomic E-state index is 4.05. The standard InChI is InChI=1S/C10H10N4/c1-8-2-4-9(5-3-8)13-14-10-11-6-7-12-10/h2-7H,1H3,(H,11,12)/p+1. The fourth-order valence-electron chi connectivity index (χ4n) is 1.06. The Balaban J connectivity index is 2.15. The maximum absolute atomic E-state index is 4.05. The van der Waals surface area contributed by atoms with Gasteiger partial charge < -0.3 is 0 Å². The molecule has 0 aliphatic rings. The highest BCUT2D eigenvalue weighted by Crippen LogP contribution is 2.14. The molecule has 2 N–H and O–H groups in total. The third-order valence-corrected chi connectivity index (χ3v) is 1.82. The van der Waals surface area contributed by atoms with Crippen LogP contribution in [0, 0.1) is 6.92 Å². The Hall–Kier alpha value is -1.97. The van der Waals surface area contributed by atoms with Crippen LogP contribution >= 0.6 is 0 Å². The van der Waals surface area contributed by atoms with Gasteiger partial charge in [-0.15, -0.1) is 0 Å². The highest BCUT2D eigenvalue weighted by Gasteiger charge is 1.98. The molecule has 0 amide bonds. The van der Waals surface area contributed by atoms with Gasteiger partial charge in [0.25, 0.3) is 0 Å². The number of aryl methyl sites for hydroxylation is 1. The van der Waals surface area contributed by atoms with E-state index in [0.717, 1.165) is 5.69 Å². The van der Waals surface area contributed by atoms with E-state index in [4.69, 9.17) is 0 Å². The largest absolute Gasteiger partial charge is 0.416 e. The summed E-state index contributed by atoms with van der Waals surface area (Å²) in [6.07, 6.45) is 3.53. The first-order valence-corrected chi connectivity index (χ1v) is 4.38. The molecule has 0 aliphatic carbocycles. The van der Waals surface area contributed by atoms with E-state index in [0.29, 0.717) is 5.95 Å². The number of imidazole rings is 1. The summed E-state index contributed by atoms with van der Waals surface area (Å²) in [6, 6.07) is 7.88. The molecule has 0 spiro atoms. The zero-order valence-electron chi connectivity index (χ0n) is 7.86. The summed E-state index contributed by atoms with van der Waals surface area (Å²) in [5, 5.41) is 8.03. The van der Waals surface area contributed by atoms with Crippen molar-refractivity contribution in [3.8, 4) is 0 Å². The summed E-state index contributed by atoms with van der Waals surface area (Å²) >= 11 is 0. The molecule has 1 aromatic carbocycles. The van der Waals surface area contributed by atoms with Crippen LogP contribution in [0.3, 0.4) is 0 Å². The molecule has 0 saturated carbocycles. The number of rotatable bonds is 2. The van der Waals surface area contributed by atoms with Crippen molar-refractivity contribution in [1.29, 1.82) is 0 Å². The van der Waals surface area contributed by atoms with E-state index in [-0.39, 0.29) is 0 Å². The number of hydrogen-bond donors (Lipinski definition) is 1. The minimum absolute atomic E-state index is 0.644. The van der Waals surface area contributed by atoms with Gasteiger partial charge in [-0.2, -0.15) is 0 Å². The summed E-state index contributed by atoms with van der Waals surface area (Å²) in [5.41, 5.74) is 2.06. The number of aromatic nitrogens is 2. The normalized spacial score (nSPS) is 10.9. The summed E-state index contributed by atoms with van der Waals surface area (Å²) in [7, 11) is 0. The first-order valence-electron chi connectivity index (χ1n) is 4.38. The Morgan fingerprint density at radius 1 is 1.14 bits per heavy atom. The molecule has 0 saturated heterocycles. The Kier molecular flexibility index (Phi) is 2.36. The molecule has 1 heterocycles. The fraction of sp³-hybridized carbons (Fsp3) is 0.100. The number of azo groups is 1. The van der Waals surface area contributed by atoms with Crippen LogP contribution < -0.4 is 4.98 Å². The van der Waals surface area contributed by atoms with E-state index in [1.807, 2.05) is 31.2 Å². The van der Waals surface area contributed by atoms with Crippen LogP contribution in [0.25, 0.3) is 0 Å². The summed E-state index contributed by atoms with van der Waals surface area (Å²) < 4.78 is 0. The van der Waals surface area contributed by atoms with Crippen molar-refractivity contribution in [3.63, 3.8) is 0 Å². The average Bonchev–Trinajstić information content (AvgIpc) is 2.70. The minimum Gasteiger partial charge on any atom is -0.244 e. The summed E-state index contributed by atoms with van der Waals surface area (Å²) in [4.78, 5) is 5.81. The van der Waals surface area contributed by atoms with Gasteiger partial charge in [-0.05, 0) is 19.1 Å². The van der Waals surface area contributed by atoms with Gasteiger partial charge in [-0.25, -0.2) is 9.97 Å². The molecule has 4 heteroatoms. The van der Waals surface area contributed by atoms with Crippen LogP contribution in [-0.2, 0) is 0 Å². The van der Waals surface area contributed by atoms with Gasteiger partial charge in [0, 0.05) is 5.11 Å². The molecule has 2 rings (SSSR count). The molecule has 2 aromatic rings. The average molecular weight is 187 g/mol. The van der Waals surface area contributed by atoms with E-state index in [2.05, 4.69) is 20.2 Å². The quantitative estimate of drug-likeness (QED) is 0.702. The van der Waals surface area contributed by atoms with Crippen molar-refractivity contribution in [1.82, 2.24) is 4.98 Å². The van der Waals surface area contributed by atoms with Crippen molar-refractivity contribution in [2.45, 2.75) is 6.92 Å². The van der Waals surface area contributed by atoms with Crippen LogP contribution in [0.15, 0.2) is 46.9 Å². The van der Waals surface area contributed by atoms with Crippen LogP contribution in [0.5, 0.6) is 0 Å². The van der Waals surface area contributed by atoms with Gasteiger partial charge in [-0.1, -0.05) is 22.8 Å². The van der Waals surface area contributed by atoms with E-state index < -0.39 is 0 Å².